The average Bonchev–Trinajstić information content (AvgIpc) is 3.47. The Morgan fingerprint density at radius 3 is 2.73 bits per heavy atom. The number of amides is 1. The highest BCUT2D eigenvalue weighted by atomic mass is 33.1. The first-order chi connectivity index (χ1) is 25.0. The molecule has 6 fully saturated rings. The van der Waals surface area contributed by atoms with Gasteiger partial charge in [-0.3, -0.25) is 9.59 Å². The maximum Gasteiger partial charge on any atom is 0.334 e. The van der Waals surface area contributed by atoms with Crippen LogP contribution in [-0.2, 0) is 28.6 Å². The lowest BCUT2D eigenvalue weighted by molar-refractivity contribution is -0.229. The van der Waals surface area contributed by atoms with E-state index in [1.807, 2.05) is 28.5 Å². The van der Waals surface area contributed by atoms with Crippen molar-refractivity contribution in [3.63, 3.8) is 0 Å². The standard InChI is InChI=1S/C39H59N3O8S2/c1-4-22(2)36(46)50-38(3)8-5-24-20-51-52-21-29-6-9-42(29)34(45)14-28-18-41-33(40)15-30(28)35(24)39(38)17-27-13-25-12-26(11-23(19-44)7-10-43)37(47)48-31(25)16-32(27)49-39/h4-5,23,25-33,35,41,43-44H,6-21,40H2,1-3H3. The molecule has 0 bridgehead atoms. The van der Waals surface area contributed by atoms with Crippen LogP contribution in [0, 0.1) is 41.4 Å². The Hall–Kier alpha value is -1.61. The highest BCUT2D eigenvalue weighted by Crippen LogP contribution is 2.62. The summed E-state index contributed by atoms with van der Waals surface area (Å²) in [6.07, 6.45) is 9.95. The summed E-state index contributed by atoms with van der Waals surface area (Å²) in [5.41, 5.74) is 6.71. The smallest absolute Gasteiger partial charge is 0.334 e. The van der Waals surface area contributed by atoms with Crippen molar-refractivity contribution in [1.82, 2.24) is 10.2 Å². The number of carbonyl (C=O) groups excluding carboxylic acids is 3. The molecule has 52 heavy (non-hydrogen) atoms. The minimum absolute atomic E-state index is 0.0241. The summed E-state index contributed by atoms with van der Waals surface area (Å²) in [5.74, 6) is 1.23. The van der Waals surface area contributed by atoms with Gasteiger partial charge in [0.1, 0.15) is 17.3 Å². The van der Waals surface area contributed by atoms with E-state index < -0.39 is 11.2 Å². The lowest BCUT2D eigenvalue weighted by atomic mass is 9.56. The fourth-order valence-corrected chi connectivity index (χ4v) is 13.3. The third-order valence-corrected chi connectivity index (χ3v) is 16.3. The number of hydrogen-bond acceptors (Lipinski definition) is 12. The molecule has 5 heterocycles. The molecule has 7 rings (SSSR count). The second kappa shape index (κ2) is 15.9. The van der Waals surface area contributed by atoms with Crippen molar-refractivity contribution in [2.45, 2.75) is 121 Å². The van der Waals surface area contributed by atoms with Crippen LogP contribution in [0.4, 0.5) is 0 Å². The number of rotatable bonds is 7. The second-order valence-electron chi connectivity index (χ2n) is 17.0. The molecule has 7 aliphatic rings. The van der Waals surface area contributed by atoms with Crippen LogP contribution in [0.3, 0.4) is 0 Å². The summed E-state index contributed by atoms with van der Waals surface area (Å²) in [7, 11) is 3.69. The van der Waals surface area contributed by atoms with E-state index in [9.17, 15) is 24.6 Å². The number of piperidine rings is 1. The fraction of sp³-hybridized carbons (Fsp3) is 0.821. The van der Waals surface area contributed by atoms with E-state index in [-0.39, 0.29) is 90.9 Å². The summed E-state index contributed by atoms with van der Waals surface area (Å²) in [5, 5.41) is 22.9. The lowest BCUT2D eigenvalue weighted by Gasteiger charge is -2.57. The van der Waals surface area contributed by atoms with Gasteiger partial charge >= 0.3 is 11.9 Å². The van der Waals surface area contributed by atoms with Gasteiger partial charge in [0.15, 0.2) is 0 Å². The topological polar surface area (TPSA) is 161 Å². The quantitative estimate of drug-likeness (QED) is 0.128. The molecule has 5 N–H and O–H groups in total. The van der Waals surface area contributed by atoms with Crippen molar-refractivity contribution >= 4 is 39.4 Å². The number of hydrogen-bond donors (Lipinski definition) is 4. The third-order valence-electron chi connectivity index (χ3n) is 13.9. The summed E-state index contributed by atoms with van der Waals surface area (Å²) < 4.78 is 20.4. The van der Waals surface area contributed by atoms with E-state index in [1.165, 1.54) is 5.57 Å². The number of aliphatic hydroxyl groups excluding tert-OH is 2. The molecular formula is C39H59N3O8S2. The Balaban J connectivity index is 1.25. The molecule has 0 aromatic heterocycles. The number of esters is 2. The van der Waals surface area contributed by atoms with Crippen LogP contribution in [0.2, 0.25) is 0 Å². The molecule has 1 saturated carbocycles. The van der Waals surface area contributed by atoms with E-state index in [1.54, 1.807) is 13.0 Å². The molecule has 5 saturated heterocycles. The van der Waals surface area contributed by atoms with E-state index in [0.717, 1.165) is 30.9 Å². The van der Waals surface area contributed by atoms with E-state index in [2.05, 4.69) is 23.2 Å². The van der Waals surface area contributed by atoms with Crippen molar-refractivity contribution in [2.75, 3.05) is 37.8 Å². The van der Waals surface area contributed by atoms with Crippen LogP contribution >= 0.6 is 21.6 Å². The molecule has 13 unspecified atom stereocenters. The Morgan fingerprint density at radius 2 is 2.00 bits per heavy atom. The highest BCUT2D eigenvalue weighted by Gasteiger charge is 2.68. The van der Waals surface area contributed by atoms with E-state index >= 15 is 0 Å². The van der Waals surface area contributed by atoms with Crippen molar-refractivity contribution in [3.05, 3.63) is 23.3 Å². The molecule has 11 nitrogen and oxygen atoms in total. The molecule has 1 amide bonds. The highest BCUT2D eigenvalue weighted by molar-refractivity contribution is 8.76. The first kappa shape index (κ1) is 38.7. The van der Waals surface area contributed by atoms with Gasteiger partial charge < -0.3 is 40.4 Å². The zero-order valence-corrected chi connectivity index (χ0v) is 32.6. The van der Waals surface area contributed by atoms with Crippen LogP contribution in [0.5, 0.6) is 0 Å². The molecular weight excluding hydrogens is 703 g/mol. The number of nitrogens with two attached hydrogens (primary N) is 1. The predicted octanol–water partition coefficient (Wildman–Crippen LogP) is 3.96. The van der Waals surface area contributed by atoms with Gasteiger partial charge in [-0.2, -0.15) is 0 Å². The maximum absolute atomic E-state index is 13.9. The lowest BCUT2D eigenvalue weighted by Crippen LogP contribution is -2.65. The molecule has 0 radical (unpaired) electrons. The van der Waals surface area contributed by atoms with Gasteiger partial charge in [-0.05, 0) is 95.3 Å². The van der Waals surface area contributed by atoms with E-state index in [4.69, 9.17) is 19.9 Å². The predicted molar refractivity (Wildman–Crippen MR) is 201 cm³/mol. The summed E-state index contributed by atoms with van der Waals surface area (Å²) in [4.78, 5) is 43.0. The molecule has 5 aliphatic heterocycles. The van der Waals surface area contributed by atoms with Crippen molar-refractivity contribution in [2.24, 2.45) is 47.2 Å². The van der Waals surface area contributed by atoms with Gasteiger partial charge in [0.25, 0.3) is 0 Å². The average molecular weight is 762 g/mol. The summed E-state index contributed by atoms with van der Waals surface area (Å²) in [6.45, 7) is 7.06. The number of aliphatic hydroxyl groups is 2. The Kier molecular flexibility index (Phi) is 11.8. The normalized spacial score (nSPS) is 42.8. The molecule has 1 spiro atoms. The molecule has 13 atom stereocenters. The van der Waals surface area contributed by atoms with Gasteiger partial charge in [-0.25, -0.2) is 4.79 Å². The minimum atomic E-state index is -0.982. The third kappa shape index (κ3) is 7.25. The summed E-state index contributed by atoms with van der Waals surface area (Å²) >= 11 is 0. The second-order valence-corrected chi connectivity index (χ2v) is 19.5. The van der Waals surface area contributed by atoms with Crippen LogP contribution in [0.15, 0.2) is 23.3 Å². The van der Waals surface area contributed by atoms with Gasteiger partial charge in [0.05, 0.1) is 18.2 Å². The van der Waals surface area contributed by atoms with Gasteiger partial charge in [-0.1, -0.05) is 39.3 Å². The first-order valence-corrected chi connectivity index (χ1v) is 22.2. The Labute approximate surface area is 316 Å². The zero-order valence-electron chi connectivity index (χ0n) is 31.0. The number of allylic oxidation sites excluding steroid dienone is 1. The van der Waals surface area contributed by atoms with Crippen molar-refractivity contribution in [3.8, 4) is 0 Å². The van der Waals surface area contributed by atoms with Crippen LogP contribution < -0.4 is 11.1 Å². The first-order valence-electron chi connectivity index (χ1n) is 19.7. The number of ether oxygens (including phenoxy) is 3. The van der Waals surface area contributed by atoms with Crippen LogP contribution in [0.1, 0.15) is 85.0 Å². The largest absolute Gasteiger partial charge is 0.462 e. The molecule has 0 aromatic carbocycles. The van der Waals surface area contributed by atoms with Crippen LogP contribution in [0.25, 0.3) is 0 Å². The maximum atomic E-state index is 13.9. The minimum Gasteiger partial charge on any atom is -0.462 e. The molecule has 290 valence electrons. The number of fused-ring (bicyclic) bond motifs is 7. The zero-order chi connectivity index (χ0) is 36.8. The molecule has 0 aromatic rings. The molecule has 13 heteroatoms. The fourth-order valence-electron chi connectivity index (χ4n) is 10.8. The van der Waals surface area contributed by atoms with Gasteiger partial charge in [0.2, 0.25) is 5.91 Å². The van der Waals surface area contributed by atoms with E-state index in [0.29, 0.717) is 69.5 Å². The number of nitrogens with zero attached hydrogens (tertiary/aromatic N) is 1. The SMILES string of the molecule is CC=C(C)C(=O)OC1(C)CC=C2CSSCC3CCN3C(=O)CC3CNC(N)CC3C2C12CC1CC3CC(CC(CO)CCO)C(=O)OC3CC1O2. The summed E-state index contributed by atoms with van der Waals surface area (Å²) in [6, 6.07) is 0.296. The number of carbonyl (C=O) groups is 3. The van der Waals surface area contributed by atoms with Crippen molar-refractivity contribution in [1.29, 1.82) is 0 Å². The van der Waals surface area contributed by atoms with Crippen LogP contribution in [-0.4, -0.2) is 106 Å². The van der Waals surface area contributed by atoms with Gasteiger partial charge in [0, 0.05) is 74.6 Å². The number of nitrogens with one attached hydrogen (secondary N) is 1. The Bertz CT molecular complexity index is 1430. The van der Waals surface area contributed by atoms with Crippen molar-refractivity contribution < 1.29 is 38.8 Å². The molecule has 2 aliphatic carbocycles. The Morgan fingerprint density at radius 1 is 1.17 bits per heavy atom. The monoisotopic (exact) mass is 761 g/mol. The van der Waals surface area contributed by atoms with Gasteiger partial charge in [-0.15, -0.1) is 0 Å².